The number of allylic oxidation sites excluding steroid dienone is 1. The summed E-state index contributed by atoms with van der Waals surface area (Å²) >= 11 is 15.4. The van der Waals surface area contributed by atoms with Gasteiger partial charge in [0.05, 0.1) is 11.6 Å². The minimum absolute atomic E-state index is 0.272. The lowest BCUT2D eigenvalue weighted by molar-refractivity contribution is 0.239. The molecule has 1 unspecified atom stereocenters. The number of amides is 2. The number of urea groups is 1. The Morgan fingerprint density at radius 3 is 2.85 bits per heavy atom. The minimum Gasteiger partial charge on any atom is -0.366 e. The zero-order valence-electron chi connectivity index (χ0n) is 21.7. The normalized spacial score (nSPS) is 14.1. The molecule has 5 nitrogen and oxygen atoms in total. The fourth-order valence-electron chi connectivity index (χ4n) is 3.95. The summed E-state index contributed by atoms with van der Waals surface area (Å²) in [5.74, 6) is 5.96. The molecule has 4 rings (SSSR count). The van der Waals surface area contributed by atoms with Crippen LogP contribution in [-0.2, 0) is 12.1 Å². The van der Waals surface area contributed by atoms with Crippen LogP contribution in [0.3, 0.4) is 0 Å². The third kappa shape index (κ3) is 7.96. The third-order valence-electron chi connectivity index (χ3n) is 6.10. The maximum absolute atomic E-state index is 12.5. The summed E-state index contributed by atoms with van der Waals surface area (Å²) in [6.45, 7) is 8.34. The molecule has 0 aliphatic heterocycles. The van der Waals surface area contributed by atoms with E-state index in [-0.39, 0.29) is 17.6 Å². The van der Waals surface area contributed by atoms with Gasteiger partial charge in [-0.15, -0.1) is 11.3 Å². The lowest BCUT2D eigenvalue weighted by Crippen LogP contribution is -2.40. The van der Waals surface area contributed by atoms with Crippen molar-refractivity contribution in [3.05, 3.63) is 104 Å². The first-order valence-electron chi connectivity index (χ1n) is 12.4. The number of halogens is 1. The Morgan fingerprint density at radius 2 is 2.13 bits per heavy atom. The van der Waals surface area contributed by atoms with Crippen molar-refractivity contribution in [2.24, 2.45) is 0 Å². The predicted molar refractivity (Wildman–Crippen MR) is 169 cm³/mol. The molecule has 0 spiro atoms. The van der Waals surface area contributed by atoms with Crippen LogP contribution in [0.1, 0.15) is 54.0 Å². The van der Waals surface area contributed by atoms with Crippen LogP contribution in [0.15, 0.2) is 72.1 Å². The number of carbonyl (C=O) groups excluding carboxylic acids is 1. The number of carbonyl (C=O) groups is 1. The summed E-state index contributed by atoms with van der Waals surface area (Å²) in [6.07, 6.45) is 5.59. The van der Waals surface area contributed by atoms with Gasteiger partial charge in [0.2, 0.25) is 0 Å². The van der Waals surface area contributed by atoms with Crippen molar-refractivity contribution < 1.29 is 4.79 Å². The number of aromatic nitrogens is 1. The molecule has 1 atom stereocenters. The molecule has 9 heteroatoms. The van der Waals surface area contributed by atoms with Gasteiger partial charge in [-0.2, -0.15) is 0 Å². The summed E-state index contributed by atoms with van der Waals surface area (Å²) in [5.41, 5.74) is 3.63. The number of thiazole rings is 1. The summed E-state index contributed by atoms with van der Waals surface area (Å²) in [7, 11) is 0. The molecule has 1 heterocycles. The zero-order chi connectivity index (χ0) is 27.8. The van der Waals surface area contributed by atoms with Crippen LogP contribution in [0.4, 0.5) is 4.79 Å². The quantitative estimate of drug-likeness (QED) is 0.181. The molecule has 2 aromatic carbocycles. The molecular formula is C30H29ClN4OS3. The molecular weight excluding hydrogens is 564 g/mol. The Balaban J connectivity index is 1.41. The second-order valence-corrected chi connectivity index (χ2v) is 11.8. The highest BCUT2D eigenvalue weighted by Crippen LogP contribution is 2.47. The van der Waals surface area contributed by atoms with Crippen molar-refractivity contribution in [1.82, 2.24) is 20.9 Å². The average Bonchev–Trinajstić information content (AvgIpc) is 3.51. The fraction of sp³-hybridized carbons (Fsp3) is 0.233. The topological polar surface area (TPSA) is 66.0 Å². The van der Waals surface area contributed by atoms with Gasteiger partial charge in [0, 0.05) is 33.6 Å². The number of nitrogens with zero attached hydrogens (tertiary/aromatic N) is 1. The van der Waals surface area contributed by atoms with E-state index in [0.717, 1.165) is 45.0 Å². The van der Waals surface area contributed by atoms with Crippen molar-refractivity contribution in [3.8, 4) is 11.8 Å². The van der Waals surface area contributed by atoms with E-state index >= 15 is 0 Å². The smallest absolute Gasteiger partial charge is 0.316 e. The van der Waals surface area contributed by atoms with Crippen LogP contribution < -0.4 is 16.0 Å². The van der Waals surface area contributed by atoms with Crippen molar-refractivity contribution >= 4 is 62.8 Å². The van der Waals surface area contributed by atoms with Crippen LogP contribution in [0.2, 0.25) is 5.02 Å². The molecule has 1 aliphatic carbocycles. The van der Waals surface area contributed by atoms with E-state index in [1.165, 1.54) is 11.3 Å². The molecule has 1 fully saturated rings. The molecule has 0 radical (unpaired) electrons. The molecule has 3 N–H and O–H groups in total. The molecule has 1 saturated carbocycles. The number of nitrogens with one attached hydrogen (secondary N) is 3. The second-order valence-electron chi connectivity index (χ2n) is 9.09. The van der Waals surface area contributed by atoms with Gasteiger partial charge in [0.15, 0.2) is 5.01 Å². The standard InChI is InChI=1S/C30H29ClN4OS3/c1-4-14-38-21(3)23-16-24(18-25(31)17-23)30(11-12-30)35-28(37)26-8-6-5-7-22(26)19-33-29(36)34-20(2)9-10-27-32-13-15-39-27/h4-8,13-18,20H,3,11-12,19H2,1-2H3,(H,35,37)(H2,33,34,36)/b14-4-. The Bertz CT molecular complexity index is 1450. The fourth-order valence-corrected chi connectivity index (χ4v) is 5.63. The van der Waals surface area contributed by atoms with Gasteiger partial charge in [0.25, 0.3) is 0 Å². The van der Waals surface area contributed by atoms with Gasteiger partial charge in [0.1, 0.15) is 4.99 Å². The number of hydrogen-bond acceptors (Lipinski definition) is 5. The molecule has 0 saturated heterocycles. The average molecular weight is 593 g/mol. The van der Waals surface area contributed by atoms with Crippen LogP contribution >= 0.6 is 46.9 Å². The Labute approximate surface area is 248 Å². The van der Waals surface area contributed by atoms with E-state index in [1.807, 2.05) is 67.1 Å². The van der Waals surface area contributed by atoms with Gasteiger partial charge < -0.3 is 16.0 Å². The number of thioether (sulfide) groups is 1. The van der Waals surface area contributed by atoms with Gasteiger partial charge >= 0.3 is 6.03 Å². The summed E-state index contributed by atoms with van der Waals surface area (Å²) in [4.78, 5) is 18.2. The van der Waals surface area contributed by atoms with Crippen molar-refractivity contribution in [1.29, 1.82) is 0 Å². The summed E-state index contributed by atoms with van der Waals surface area (Å²) in [5, 5.41) is 14.6. The summed E-state index contributed by atoms with van der Waals surface area (Å²) in [6, 6.07) is 13.3. The lowest BCUT2D eigenvalue weighted by atomic mass is 10.0. The molecule has 39 heavy (non-hydrogen) atoms. The minimum atomic E-state index is -0.323. The lowest BCUT2D eigenvalue weighted by Gasteiger charge is -2.23. The molecule has 3 aromatic rings. The zero-order valence-corrected chi connectivity index (χ0v) is 24.9. The number of hydrogen-bond donors (Lipinski definition) is 3. The number of thiocarbonyl (C=S) groups is 1. The van der Waals surface area contributed by atoms with E-state index in [2.05, 4.69) is 45.4 Å². The molecule has 200 valence electrons. The van der Waals surface area contributed by atoms with E-state index in [1.54, 1.807) is 18.0 Å². The van der Waals surface area contributed by atoms with Crippen LogP contribution in [0.5, 0.6) is 0 Å². The predicted octanol–water partition coefficient (Wildman–Crippen LogP) is 7.23. The Hall–Kier alpha value is -3.09. The number of rotatable bonds is 9. The highest BCUT2D eigenvalue weighted by atomic mass is 35.5. The van der Waals surface area contributed by atoms with Gasteiger partial charge in [-0.1, -0.05) is 78.4 Å². The van der Waals surface area contributed by atoms with Crippen LogP contribution in [-0.4, -0.2) is 22.0 Å². The van der Waals surface area contributed by atoms with Gasteiger partial charge in [-0.25, -0.2) is 9.78 Å². The van der Waals surface area contributed by atoms with Crippen LogP contribution in [0, 0.1) is 11.8 Å². The monoisotopic (exact) mass is 592 g/mol. The molecule has 0 bridgehead atoms. The van der Waals surface area contributed by atoms with Gasteiger partial charge in [-0.3, -0.25) is 0 Å². The summed E-state index contributed by atoms with van der Waals surface area (Å²) < 4.78 is 0. The molecule has 1 aromatic heterocycles. The van der Waals surface area contributed by atoms with Crippen molar-refractivity contribution in [2.75, 3.05) is 0 Å². The Kier molecular flexibility index (Phi) is 9.87. The first-order valence-corrected chi connectivity index (χ1v) is 15.0. The van der Waals surface area contributed by atoms with E-state index in [0.29, 0.717) is 16.6 Å². The van der Waals surface area contributed by atoms with E-state index in [9.17, 15) is 4.79 Å². The van der Waals surface area contributed by atoms with Crippen LogP contribution in [0.25, 0.3) is 4.91 Å². The largest absolute Gasteiger partial charge is 0.366 e. The van der Waals surface area contributed by atoms with Crippen molar-refractivity contribution in [3.63, 3.8) is 0 Å². The number of benzene rings is 2. The van der Waals surface area contributed by atoms with Gasteiger partial charge in [-0.05, 0) is 72.9 Å². The SMILES string of the molecule is C=C(S/C=C\C)c1cc(Cl)cc(C2(NC(=S)c3ccccc3CNC(=O)NC(C)C#Cc3nccs3)CC2)c1. The maximum atomic E-state index is 12.5. The highest BCUT2D eigenvalue weighted by molar-refractivity contribution is 8.10. The van der Waals surface area contributed by atoms with E-state index < -0.39 is 0 Å². The van der Waals surface area contributed by atoms with Crippen molar-refractivity contribution in [2.45, 2.75) is 44.8 Å². The molecule has 2 amide bonds. The third-order valence-corrected chi connectivity index (χ3v) is 8.26. The molecule has 1 aliphatic rings. The second kappa shape index (κ2) is 13.3. The maximum Gasteiger partial charge on any atom is 0.316 e. The van der Waals surface area contributed by atoms with E-state index in [4.69, 9.17) is 23.8 Å². The Morgan fingerprint density at radius 1 is 1.33 bits per heavy atom. The first-order chi connectivity index (χ1) is 18.8. The first kappa shape index (κ1) is 28.9. The highest BCUT2D eigenvalue weighted by Gasteiger charge is 2.45.